The normalized spacial score (nSPS) is 20.3. The Morgan fingerprint density at radius 3 is 2.85 bits per heavy atom. The molecule has 130 valence electrons. The summed E-state index contributed by atoms with van der Waals surface area (Å²) in [5.41, 5.74) is 7.34. The van der Waals surface area contributed by atoms with Gasteiger partial charge in [-0.1, -0.05) is 6.07 Å². The topological polar surface area (TPSA) is 82.5 Å². The van der Waals surface area contributed by atoms with Crippen molar-refractivity contribution in [1.82, 2.24) is 4.90 Å². The van der Waals surface area contributed by atoms with Gasteiger partial charge in [-0.15, -0.1) is 22.7 Å². The second kappa shape index (κ2) is 5.94. The summed E-state index contributed by atoms with van der Waals surface area (Å²) in [7, 11) is 1.64. The molecular formula is C19H16N4OS2. The molecule has 0 bridgehead atoms. The lowest BCUT2D eigenvalue weighted by Gasteiger charge is -2.33. The molecule has 0 radical (unpaired) electrons. The van der Waals surface area contributed by atoms with Crippen LogP contribution in [0.2, 0.25) is 0 Å². The van der Waals surface area contributed by atoms with Gasteiger partial charge in [-0.2, -0.15) is 5.26 Å². The van der Waals surface area contributed by atoms with Gasteiger partial charge in [0.15, 0.2) is 5.96 Å². The van der Waals surface area contributed by atoms with Crippen LogP contribution in [0, 0.1) is 11.3 Å². The second-order valence-corrected chi connectivity index (χ2v) is 8.50. The Kier molecular flexibility index (Phi) is 3.83. The molecule has 2 N–H and O–H groups in total. The van der Waals surface area contributed by atoms with E-state index in [1.165, 1.54) is 16.2 Å². The lowest BCUT2D eigenvalue weighted by Crippen LogP contribution is -2.47. The third-order valence-corrected chi connectivity index (χ3v) is 6.74. The average Bonchev–Trinajstić information content (AvgIpc) is 3.25. The molecule has 4 rings (SSSR count). The van der Waals surface area contributed by atoms with Crippen LogP contribution in [0.25, 0.3) is 20.5 Å². The zero-order valence-electron chi connectivity index (χ0n) is 14.3. The van der Waals surface area contributed by atoms with E-state index in [1.807, 2.05) is 25.1 Å². The molecule has 2 aromatic heterocycles. The Balaban J connectivity index is 1.84. The number of nitrogens with two attached hydrogens (primary N) is 1. The van der Waals surface area contributed by atoms with E-state index in [1.54, 1.807) is 18.4 Å². The van der Waals surface area contributed by atoms with Crippen LogP contribution in [-0.2, 0) is 10.3 Å². The van der Waals surface area contributed by atoms with Gasteiger partial charge in [-0.3, -0.25) is 9.69 Å². The monoisotopic (exact) mass is 380 g/mol. The highest BCUT2D eigenvalue weighted by Gasteiger charge is 2.36. The number of benzene rings is 1. The molecule has 1 aliphatic heterocycles. The van der Waals surface area contributed by atoms with Crippen LogP contribution >= 0.6 is 22.7 Å². The maximum Gasteiger partial charge on any atom is 0.231 e. The van der Waals surface area contributed by atoms with Crippen molar-refractivity contribution in [1.29, 1.82) is 5.26 Å². The number of hydrogen-bond donors (Lipinski definition) is 1. The number of carbonyl (C=O) groups is 1. The molecule has 26 heavy (non-hydrogen) atoms. The third kappa shape index (κ3) is 2.59. The van der Waals surface area contributed by atoms with Crippen molar-refractivity contribution in [2.75, 3.05) is 7.05 Å². The van der Waals surface area contributed by atoms with Crippen LogP contribution in [-0.4, -0.2) is 23.8 Å². The fraction of sp³-hybridized carbons (Fsp3) is 0.211. The van der Waals surface area contributed by atoms with E-state index in [0.717, 1.165) is 26.1 Å². The molecule has 7 heteroatoms. The van der Waals surface area contributed by atoms with Gasteiger partial charge in [0.2, 0.25) is 5.91 Å². The molecule has 1 atom stereocenters. The van der Waals surface area contributed by atoms with Gasteiger partial charge in [0.1, 0.15) is 10.9 Å². The van der Waals surface area contributed by atoms with Crippen molar-refractivity contribution < 1.29 is 4.79 Å². The van der Waals surface area contributed by atoms with Gasteiger partial charge in [-0.05, 0) is 36.8 Å². The number of nitrogens with zero attached hydrogens (tertiary/aromatic N) is 3. The number of nitriles is 1. The van der Waals surface area contributed by atoms with Gasteiger partial charge in [0, 0.05) is 33.0 Å². The van der Waals surface area contributed by atoms with Crippen LogP contribution in [0.4, 0.5) is 0 Å². The summed E-state index contributed by atoms with van der Waals surface area (Å²) in [6.07, 6.45) is 0.284. The minimum atomic E-state index is -0.672. The molecule has 3 aromatic rings. The predicted molar refractivity (Wildman–Crippen MR) is 106 cm³/mol. The minimum absolute atomic E-state index is 0.0393. The molecule has 5 nitrogen and oxygen atoms in total. The summed E-state index contributed by atoms with van der Waals surface area (Å²) < 4.78 is 1.16. The molecule has 1 aliphatic rings. The number of amides is 1. The van der Waals surface area contributed by atoms with E-state index in [9.17, 15) is 4.79 Å². The molecule has 0 spiro atoms. The fourth-order valence-corrected chi connectivity index (χ4v) is 5.02. The first kappa shape index (κ1) is 16.8. The molecule has 3 heterocycles. The van der Waals surface area contributed by atoms with Gasteiger partial charge < -0.3 is 5.73 Å². The van der Waals surface area contributed by atoms with E-state index in [4.69, 9.17) is 11.0 Å². The molecular weight excluding hydrogens is 364 g/mol. The number of rotatable bonds is 2. The quantitative estimate of drug-likeness (QED) is 0.732. The number of aliphatic imine (C=N–C) groups is 1. The molecule has 0 fully saturated rings. The highest BCUT2D eigenvalue weighted by Crippen LogP contribution is 2.41. The first-order chi connectivity index (χ1) is 12.4. The van der Waals surface area contributed by atoms with Crippen molar-refractivity contribution >= 4 is 44.6 Å². The largest absolute Gasteiger partial charge is 0.369 e. The van der Waals surface area contributed by atoms with Crippen molar-refractivity contribution in [3.8, 4) is 16.5 Å². The SMILES string of the molecule is CN1C(=O)C[C@@](C)(c2ccc3scc(-c4ccc(C#N)s4)c3c2)N=C1N. The summed E-state index contributed by atoms with van der Waals surface area (Å²) in [4.78, 5) is 20.0. The van der Waals surface area contributed by atoms with Crippen LogP contribution in [0.1, 0.15) is 23.8 Å². The number of guanidine groups is 1. The summed E-state index contributed by atoms with van der Waals surface area (Å²) in [6.45, 7) is 1.94. The van der Waals surface area contributed by atoms with Crippen LogP contribution in [0.15, 0.2) is 40.7 Å². The maximum absolute atomic E-state index is 12.3. The van der Waals surface area contributed by atoms with Gasteiger partial charge in [0.05, 0.1) is 12.0 Å². The summed E-state index contributed by atoms with van der Waals surface area (Å²) in [5, 5.41) is 12.3. The lowest BCUT2D eigenvalue weighted by molar-refractivity contribution is -0.128. The highest BCUT2D eigenvalue weighted by atomic mass is 32.1. The Bertz CT molecular complexity index is 1100. The number of fused-ring (bicyclic) bond motifs is 1. The third-order valence-electron chi connectivity index (χ3n) is 4.75. The average molecular weight is 380 g/mol. The molecule has 1 amide bonds. The van der Waals surface area contributed by atoms with Crippen molar-refractivity contribution in [3.05, 3.63) is 46.2 Å². The van der Waals surface area contributed by atoms with Crippen molar-refractivity contribution in [3.63, 3.8) is 0 Å². The van der Waals surface area contributed by atoms with E-state index >= 15 is 0 Å². The van der Waals surface area contributed by atoms with Crippen LogP contribution in [0.3, 0.4) is 0 Å². The standard InChI is InChI=1S/C19H16N4OS2/c1-19(8-17(24)23(2)18(21)22-19)11-3-5-15-13(7-11)14(10-25-15)16-6-4-12(9-20)26-16/h3-7,10H,8H2,1-2H3,(H2,21,22)/t19-/m0/s1. The number of hydrogen-bond acceptors (Lipinski definition) is 6. The fourth-order valence-electron chi connectivity index (χ4n) is 3.17. The minimum Gasteiger partial charge on any atom is -0.369 e. The van der Waals surface area contributed by atoms with Gasteiger partial charge in [-0.25, -0.2) is 4.99 Å². The number of thiophene rings is 2. The van der Waals surface area contributed by atoms with Crippen LogP contribution in [0.5, 0.6) is 0 Å². The molecule has 0 unspecified atom stereocenters. The van der Waals surface area contributed by atoms with E-state index in [-0.39, 0.29) is 18.3 Å². The molecule has 1 aromatic carbocycles. The molecule has 0 aliphatic carbocycles. The summed E-state index contributed by atoms with van der Waals surface area (Å²) >= 11 is 3.15. The summed E-state index contributed by atoms with van der Waals surface area (Å²) in [5.74, 6) is 0.203. The smallest absolute Gasteiger partial charge is 0.231 e. The Morgan fingerprint density at radius 1 is 1.35 bits per heavy atom. The van der Waals surface area contributed by atoms with Gasteiger partial charge >= 0.3 is 0 Å². The zero-order valence-corrected chi connectivity index (χ0v) is 15.9. The molecule has 0 saturated carbocycles. The van der Waals surface area contributed by atoms with E-state index in [2.05, 4.69) is 28.6 Å². The predicted octanol–water partition coefficient (Wildman–Crippen LogP) is 3.89. The second-order valence-electron chi connectivity index (χ2n) is 6.51. The Morgan fingerprint density at radius 2 is 2.15 bits per heavy atom. The molecule has 0 saturated heterocycles. The lowest BCUT2D eigenvalue weighted by atomic mass is 9.87. The van der Waals surface area contributed by atoms with Crippen LogP contribution < -0.4 is 5.73 Å². The highest BCUT2D eigenvalue weighted by molar-refractivity contribution is 7.19. The Labute approximate surface area is 159 Å². The maximum atomic E-state index is 12.3. The van der Waals surface area contributed by atoms with Gasteiger partial charge in [0.25, 0.3) is 0 Å². The zero-order chi connectivity index (χ0) is 18.5. The first-order valence-electron chi connectivity index (χ1n) is 8.05. The van der Waals surface area contributed by atoms with Crippen molar-refractivity contribution in [2.24, 2.45) is 10.7 Å². The van der Waals surface area contributed by atoms with E-state index < -0.39 is 5.54 Å². The number of carbonyl (C=O) groups excluding carboxylic acids is 1. The summed E-state index contributed by atoms with van der Waals surface area (Å²) in [6, 6.07) is 12.2. The first-order valence-corrected chi connectivity index (χ1v) is 9.75. The van der Waals surface area contributed by atoms with E-state index in [0.29, 0.717) is 4.88 Å². The van der Waals surface area contributed by atoms with Crippen molar-refractivity contribution in [2.45, 2.75) is 18.9 Å². The Hall–Kier alpha value is -2.69.